The van der Waals surface area contributed by atoms with Crippen molar-refractivity contribution in [2.45, 2.75) is 47.0 Å². The summed E-state index contributed by atoms with van der Waals surface area (Å²) in [6, 6.07) is 0. The number of allylic oxidation sites excluding steroid dienone is 1. The molecule has 1 nitrogen and oxygen atoms in total. The fourth-order valence-corrected chi connectivity index (χ4v) is 1.78. The molecule has 1 rings (SSSR count). The molecule has 1 heterocycles. The highest BCUT2D eigenvalue weighted by atomic mass is 14.7. The Bertz CT molecular complexity index is 197. The van der Waals surface area contributed by atoms with Crippen LogP contribution >= 0.6 is 0 Å². The fraction of sp³-hybridized carbons (Fsp3) is 0.750. The molecule has 0 radical (unpaired) electrons. The summed E-state index contributed by atoms with van der Waals surface area (Å²) in [4.78, 5) is 4.46. The van der Waals surface area contributed by atoms with Gasteiger partial charge in [0.1, 0.15) is 0 Å². The third-order valence-electron chi connectivity index (χ3n) is 2.18. The quantitative estimate of drug-likeness (QED) is 0.622. The van der Waals surface area contributed by atoms with E-state index < -0.39 is 0 Å². The van der Waals surface area contributed by atoms with Crippen molar-refractivity contribution in [1.29, 1.82) is 0 Å². The molecule has 13 heavy (non-hydrogen) atoms. The minimum Gasteiger partial charge on any atom is -0.265 e. The summed E-state index contributed by atoms with van der Waals surface area (Å²) in [6.45, 7) is 9.04. The molecule has 0 fully saturated rings. The molecular formula is C12H21N. The Morgan fingerprint density at radius 1 is 1.15 bits per heavy atom. The first-order valence-corrected chi connectivity index (χ1v) is 5.31. The normalized spacial score (nSPS) is 16.8. The molecule has 74 valence electrons. The second kappa shape index (κ2) is 4.59. The number of hydrogen-bond donors (Lipinski definition) is 0. The van der Waals surface area contributed by atoms with Gasteiger partial charge in [-0.15, -0.1) is 0 Å². The predicted molar refractivity (Wildman–Crippen MR) is 59.0 cm³/mol. The maximum Gasteiger partial charge on any atom is 0.0263 e. The Labute approximate surface area is 82.0 Å². The third kappa shape index (κ3) is 3.75. The van der Waals surface area contributed by atoms with Crippen LogP contribution in [0.3, 0.4) is 0 Å². The van der Waals surface area contributed by atoms with Crippen LogP contribution in [0.5, 0.6) is 0 Å². The maximum absolute atomic E-state index is 4.46. The zero-order valence-corrected chi connectivity index (χ0v) is 9.30. The summed E-state index contributed by atoms with van der Waals surface area (Å²) >= 11 is 0. The first-order valence-electron chi connectivity index (χ1n) is 5.31. The molecule has 0 spiro atoms. The standard InChI is InChI=1S/C12H21N/c1-9(2)5-11-7-12(13-8-11)6-10(3)4/h8-10H,5-7H2,1-4H3. The highest BCUT2D eigenvalue weighted by Crippen LogP contribution is 2.22. The van der Waals surface area contributed by atoms with Crippen LogP contribution in [0.2, 0.25) is 0 Å². The molecule has 0 atom stereocenters. The van der Waals surface area contributed by atoms with Crippen LogP contribution in [0.15, 0.2) is 16.8 Å². The second-order valence-corrected chi connectivity index (χ2v) is 4.86. The molecule has 1 aliphatic heterocycles. The van der Waals surface area contributed by atoms with Gasteiger partial charge in [0.25, 0.3) is 0 Å². The number of hydrogen-bond acceptors (Lipinski definition) is 1. The van der Waals surface area contributed by atoms with Crippen LogP contribution in [0.25, 0.3) is 0 Å². The van der Waals surface area contributed by atoms with Crippen LogP contribution in [0.1, 0.15) is 47.0 Å². The van der Waals surface area contributed by atoms with Gasteiger partial charge in [0.2, 0.25) is 0 Å². The summed E-state index contributed by atoms with van der Waals surface area (Å²) in [5.74, 6) is 1.50. The lowest BCUT2D eigenvalue weighted by Crippen LogP contribution is -2.01. The van der Waals surface area contributed by atoms with Crippen molar-refractivity contribution in [3.05, 3.63) is 11.8 Å². The molecule has 0 unspecified atom stereocenters. The molecule has 0 aromatic rings. The van der Waals surface area contributed by atoms with Crippen LogP contribution in [0, 0.1) is 11.8 Å². The molecule has 0 aliphatic carbocycles. The SMILES string of the molecule is CC(C)CC1=CN=C(CC(C)C)C1. The van der Waals surface area contributed by atoms with Gasteiger partial charge in [0.15, 0.2) is 0 Å². The van der Waals surface area contributed by atoms with E-state index in [1.54, 1.807) is 0 Å². The Morgan fingerprint density at radius 2 is 1.77 bits per heavy atom. The molecule has 0 saturated carbocycles. The van der Waals surface area contributed by atoms with E-state index in [-0.39, 0.29) is 0 Å². The van der Waals surface area contributed by atoms with Crippen LogP contribution in [0.4, 0.5) is 0 Å². The fourth-order valence-electron chi connectivity index (χ4n) is 1.78. The second-order valence-electron chi connectivity index (χ2n) is 4.86. The van der Waals surface area contributed by atoms with Crippen LogP contribution in [-0.2, 0) is 0 Å². The minimum absolute atomic E-state index is 0.741. The van der Waals surface area contributed by atoms with E-state index >= 15 is 0 Å². The third-order valence-corrected chi connectivity index (χ3v) is 2.18. The van der Waals surface area contributed by atoms with Gasteiger partial charge in [-0.05, 0) is 30.3 Å². The lowest BCUT2D eigenvalue weighted by atomic mass is 9.97. The van der Waals surface area contributed by atoms with Crippen LogP contribution in [-0.4, -0.2) is 5.71 Å². The summed E-state index contributed by atoms with van der Waals surface area (Å²) < 4.78 is 0. The molecule has 0 saturated heterocycles. The lowest BCUT2D eigenvalue weighted by Gasteiger charge is -2.07. The van der Waals surface area contributed by atoms with Crippen molar-refractivity contribution in [1.82, 2.24) is 0 Å². The number of rotatable bonds is 4. The zero-order chi connectivity index (χ0) is 9.84. The van der Waals surface area contributed by atoms with E-state index in [9.17, 15) is 0 Å². The molecule has 1 heteroatoms. The van der Waals surface area contributed by atoms with Gasteiger partial charge in [-0.25, -0.2) is 0 Å². The molecule has 1 aliphatic rings. The van der Waals surface area contributed by atoms with Crippen LogP contribution < -0.4 is 0 Å². The van der Waals surface area contributed by atoms with Gasteiger partial charge in [-0.1, -0.05) is 27.7 Å². The van der Waals surface area contributed by atoms with Crippen molar-refractivity contribution >= 4 is 5.71 Å². The van der Waals surface area contributed by atoms with Gasteiger partial charge in [-0.3, -0.25) is 4.99 Å². The Kier molecular flexibility index (Phi) is 3.71. The van der Waals surface area contributed by atoms with Gasteiger partial charge in [-0.2, -0.15) is 0 Å². The average molecular weight is 179 g/mol. The van der Waals surface area contributed by atoms with E-state index in [1.807, 2.05) is 0 Å². The zero-order valence-electron chi connectivity index (χ0n) is 9.30. The van der Waals surface area contributed by atoms with E-state index in [0.29, 0.717) is 0 Å². The van der Waals surface area contributed by atoms with Crippen molar-refractivity contribution < 1.29 is 0 Å². The molecule has 0 amide bonds. The maximum atomic E-state index is 4.46. The highest BCUT2D eigenvalue weighted by molar-refractivity contribution is 5.89. The van der Waals surface area contributed by atoms with E-state index in [0.717, 1.165) is 24.7 Å². The molecule has 0 N–H and O–H groups in total. The molecule has 0 aromatic heterocycles. The molecule has 0 aromatic carbocycles. The summed E-state index contributed by atoms with van der Waals surface area (Å²) in [5.41, 5.74) is 2.90. The number of aliphatic imine (C=N–C) groups is 1. The summed E-state index contributed by atoms with van der Waals surface area (Å²) in [5, 5.41) is 0. The Balaban J connectivity index is 2.31. The van der Waals surface area contributed by atoms with Crippen molar-refractivity contribution in [2.75, 3.05) is 0 Å². The largest absolute Gasteiger partial charge is 0.265 e. The molecular weight excluding hydrogens is 158 g/mol. The first-order chi connectivity index (χ1) is 6.08. The first kappa shape index (κ1) is 10.5. The highest BCUT2D eigenvalue weighted by Gasteiger charge is 2.12. The average Bonchev–Trinajstić information content (AvgIpc) is 2.33. The van der Waals surface area contributed by atoms with Crippen molar-refractivity contribution in [2.24, 2.45) is 16.8 Å². The summed E-state index contributed by atoms with van der Waals surface area (Å²) in [6.07, 6.45) is 5.59. The van der Waals surface area contributed by atoms with Gasteiger partial charge in [0, 0.05) is 18.3 Å². The molecule has 0 bridgehead atoms. The smallest absolute Gasteiger partial charge is 0.0263 e. The Morgan fingerprint density at radius 3 is 2.31 bits per heavy atom. The number of nitrogens with zero attached hydrogens (tertiary/aromatic N) is 1. The van der Waals surface area contributed by atoms with Gasteiger partial charge in [0.05, 0.1) is 0 Å². The Hall–Kier alpha value is -0.590. The van der Waals surface area contributed by atoms with Crippen molar-refractivity contribution in [3.63, 3.8) is 0 Å². The predicted octanol–water partition coefficient (Wildman–Crippen LogP) is 3.81. The van der Waals surface area contributed by atoms with E-state index in [1.165, 1.54) is 17.7 Å². The summed E-state index contributed by atoms with van der Waals surface area (Å²) in [7, 11) is 0. The van der Waals surface area contributed by atoms with E-state index in [2.05, 4.69) is 38.9 Å². The van der Waals surface area contributed by atoms with Gasteiger partial charge < -0.3 is 0 Å². The topological polar surface area (TPSA) is 12.4 Å². The lowest BCUT2D eigenvalue weighted by molar-refractivity contribution is 0.635. The minimum atomic E-state index is 0.741. The van der Waals surface area contributed by atoms with Crippen molar-refractivity contribution in [3.8, 4) is 0 Å². The van der Waals surface area contributed by atoms with Gasteiger partial charge >= 0.3 is 0 Å². The monoisotopic (exact) mass is 179 g/mol. The van der Waals surface area contributed by atoms with E-state index in [4.69, 9.17) is 0 Å².